The average molecular weight is 283 g/mol. The van der Waals surface area contributed by atoms with Crippen LogP contribution < -0.4 is 0 Å². The minimum absolute atomic E-state index is 0.778. The highest BCUT2D eigenvalue weighted by atomic mass is 35.5. The molecule has 2 aromatic carbocycles. The van der Waals surface area contributed by atoms with E-state index in [1.807, 2.05) is 12.1 Å². The second kappa shape index (κ2) is 4.93. The Labute approximate surface area is 125 Å². The van der Waals surface area contributed by atoms with Crippen LogP contribution in [-0.2, 0) is 0 Å². The smallest absolute Gasteiger partial charge is 0.0406 e. The quantitative estimate of drug-likeness (QED) is 0.642. The molecular weight excluding hydrogens is 264 g/mol. The fourth-order valence-corrected chi connectivity index (χ4v) is 4.46. The van der Waals surface area contributed by atoms with E-state index in [0.29, 0.717) is 0 Å². The average Bonchev–Trinajstić information content (AvgIpc) is 3.11. The molecule has 0 N–H and O–H groups in total. The molecule has 2 bridgehead atoms. The van der Waals surface area contributed by atoms with Crippen molar-refractivity contribution in [2.45, 2.75) is 31.6 Å². The van der Waals surface area contributed by atoms with Gasteiger partial charge in [0.2, 0.25) is 0 Å². The van der Waals surface area contributed by atoms with E-state index in [1.54, 1.807) is 5.56 Å². The van der Waals surface area contributed by atoms with Crippen LogP contribution in [0.3, 0.4) is 0 Å². The molecule has 4 rings (SSSR count). The monoisotopic (exact) mass is 282 g/mol. The molecule has 2 aromatic rings. The molecule has 0 heterocycles. The molecule has 0 nitrogen and oxygen atoms in total. The maximum atomic E-state index is 6.02. The largest absolute Gasteiger partial charge is 0.0843 e. The molecule has 2 fully saturated rings. The summed E-state index contributed by atoms with van der Waals surface area (Å²) in [7, 11) is 0. The van der Waals surface area contributed by atoms with Crippen LogP contribution in [0.5, 0.6) is 0 Å². The molecule has 0 saturated heterocycles. The summed E-state index contributed by atoms with van der Waals surface area (Å²) in [6.07, 6.45) is 5.75. The molecule has 0 radical (unpaired) electrons. The van der Waals surface area contributed by atoms with E-state index < -0.39 is 0 Å². The van der Waals surface area contributed by atoms with E-state index in [4.69, 9.17) is 11.6 Å². The van der Waals surface area contributed by atoms with Gasteiger partial charge in [-0.05, 0) is 65.8 Å². The molecule has 1 heteroatoms. The summed E-state index contributed by atoms with van der Waals surface area (Å²) >= 11 is 6.02. The van der Waals surface area contributed by atoms with Crippen molar-refractivity contribution in [3.63, 3.8) is 0 Å². The first kappa shape index (κ1) is 12.5. The summed E-state index contributed by atoms with van der Waals surface area (Å²) in [6.45, 7) is 0. The minimum Gasteiger partial charge on any atom is -0.0843 e. The predicted molar refractivity (Wildman–Crippen MR) is 85.1 cm³/mol. The Bertz CT molecular complexity index is 614. The SMILES string of the molecule is Clc1ccc(-c2ccccc2C2CC3CCC2C3)cc1. The molecule has 0 aromatic heterocycles. The minimum atomic E-state index is 0.778. The van der Waals surface area contributed by atoms with E-state index in [2.05, 4.69) is 36.4 Å². The lowest BCUT2D eigenvalue weighted by Crippen LogP contribution is -2.09. The second-order valence-electron chi connectivity index (χ2n) is 6.38. The zero-order chi connectivity index (χ0) is 13.5. The van der Waals surface area contributed by atoms with Crippen molar-refractivity contribution in [1.29, 1.82) is 0 Å². The zero-order valence-corrected chi connectivity index (χ0v) is 12.3. The lowest BCUT2D eigenvalue weighted by Gasteiger charge is -2.24. The molecule has 3 unspecified atom stereocenters. The summed E-state index contributed by atoms with van der Waals surface area (Å²) in [5.41, 5.74) is 4.26. The standard InChI is InChI=1S/C19H19Cl/c20-16-9-7-14(8-10-16)17-3-1-2-4-18(17)19-12-13-5-6-15(19)11-13/h1-4,7-10,13,15,19H,5-6,11-12H2. The van der Waals surface area contributed by atoms with Crippen LogP contribution in [0.15, 0.2) is 48.5 Å². The maximum Gasteiger partial charge on any atom is 0.0406 e. The van der Waals surface area contributed by atoms with E-state index in [9.17, 15) is 0 Å². The van der Waals surface area contributed by atoms with E-state index in [0.717, 1.165) is 22.8 Å². The van der Waals surface area contributed by atoms with Gasteiger partial charge in [-0.1, -0.05) is 54.4 Å². The van der Waals surface area contributed by atoms with Crippen LogP contribution in [0.2, 0.25) is 5.02 Å². The van der Waals surface area contributed by atoms with Gasteiger partial charge in [-0.15, -0.1) is 0 Å². The van der Waals surface area contributed by atoms with Crippen LogP contribution in [0.4, 0.5) is 0 Å². The van der Waals surface area contributed by atoms with Gasteiger partial charge in [0.15, 0.2) is 0 Å². The zero-order valence-electron chi connectivity index (χ0n) is 11.6. The Kier molecular flexibility index (Phi) is 3.07. The summed E-state index contributed by atoms with van der Waals surface area (Å²) in [5.74, 6) is 2.69. The number of halogens is 1. The normalized spacial score (nSPS) is 27.9. The van der Waals surface area contributed by atoms with Gasteiger partial charge in [0.25, 0.3) is 0 Å². The van der Waals surface area contributed by atoms with Crippen molar-refractivity contribution in [3.8, 4) is 11.1 Å². The summed E-state index contributed by atoms with van der Waals surface area (Å²) in [6, 6.07) is 17.2. The number of benzene rings is 2. The Morgan fingerprint density at radius 2 is 1.65 bits per heavy atom. The van der Waals surface area contributed by atoms with E-state index in [-0.39, 0.29) is 0 Å². The van der Waals surface area contributed by atoms with Crippen LogP contribution in [-0.4, -0.2) is 0 Å². The van der Waals surface area contributed by atoms with Gasteiger partial charge in [-0.3, -0.25) is 0 Å². The highest BCUT2D eigenvalue weighted by molar-refractivity contribution is 6.30. The van der Waals surface area contributed by atoms with E-state index >= 15 is 0 Å². The molecule has 2 aliphatic carbocycles. The third-order valence-corrected chi connectivity index (χ3v) is 5.51. The first-order valence-electron chi connectivity index (χ1n) is 7.66. The Morgan fingerprint density at radius 1 is 0.850 bits per heavy atom. The second-order valence-corrected chi connectivity index (χ2v) is 6.81. The fourth-order valence-electron chi connectivity index (χ4n) is 4.34. The first-order valence-corrected chi connectivity index (χ1v) is 8.04. The third-order valence-electron chi connectivity index (χ3n) is 5.25. The van der Waals surface area contributed by atoms with Crippen LogP contribution >= 0.6 is 11.6 Å². The summed E-state index contributed by atoms with van der Waals surface area (Å²) < 4.78 is 0. The Hall–Kier alpha value is -1.27. The molecule has 0 spiro atoms. The van der Waals surface area contributed by atoms with Gasteiger partial charge in [0.05, 0.1) is 0 Å². The fraction of sp³-hybridized carbons (Fsp3) is 0.368. The first-order chi connectivity index (χ1) is 9.81. The molecule has 20 heavy (non-hydrogen) atoms. The lowest BCUT2D eigenvalue weighted by atomic mass is 9.80. The molecular formula is C19H19Cl. The van der Waals surface area contributed by atoms with Gasteiger partial charge in [0.1, 0.15) is 0 Å². The highest BCUT2D eigenvalue weighted by Gasteiger charge is 2.40. The van der Waals surface area contributed by atoms with Gasteiger partial charge in [-0.25, -0.2) is 0 Å². The predicted octanol–water partition coefficient (Wildman–Crippen LogP) is 5.91. The Morgan fingerprint density at radius 3 is 2.35 bits per heavy atom. The molecule has 2 saturated carbocycles. The van der Waals surface area contributed by atoms with Crippen molar-refractivity contribution >= 4 is 11.6 Å². The van der Waals surface area contributed by atoms with Gasteiger partial charge in [0, 0.05) is 5.02 Å². The Balaban J connectivity index is 1.75. The summed E-state index contributed by atoms with van der Waals surface area (Å²) in [4.78, 5) is 0. The molecule has 0 aliphatic heterocycles. The summed E-state index contributed by atoms with van der Waals surface area (Å²) in [5, 5.41) is 0.811. The molecule has 3 atom stereocenters. The van der Waals surface area contributed by atoms with E-state index in [1.165, 1.54) is 36.8 Å². The number of hydrogen-bond acceptors (Lipinski definition) is 0. The van der Waals surface area contributed by atoms with Gasteiger partial charge in [-0.2, -0.15) is 0 Å². The number of rotatable bonds is 2. The third kappa shape index (κ3) is 2.07. The van der Waals surface area contributed by atoms with Crippen molar-refractivity contribution in [1.82, 2.24) is 0 Å². The number of fused-ring (bicyclic) bond motifs is 2. The maximum absolute atomic E-state index is 6.02. The van der Waals surface area contributed by atoms with Crippen LogP contribution in [0.25, 0.3) is 11.1 Å². The molecule has 0 amide bonds. The van der Waals surface area contributed by atoms with Gasteiger partial charge < -0.3 is 0 Å². The van der Waals surface area contributed by atoms with Crippen LogP contribution in [0, 0.1) is 11.8 Å². The lowest BCUT2D eigenvalue weighted by molar-refractivity contribution is 0.420. The van der Waals surface area contributed by atoms with Crippen molar-refractivity contribution in [3.05, 3.63) is 59.1 Å². The molecule has 2 aliphatic rings. The van der Waals surface area contributed by atoms with Crippen molar-refractivity contribution in [2.24, 2.45) is 11.8 Å². The molecule has 102 valence electrons. The topological polar surface area (TPSA) is 0 Å². The van der Waals surface area contributed by atoms with Gasteiger partial charge >= 0.3 is 0 Å². The highest BCUT2D eigenvalue weighted by Crippen LogP contribution is 2.54. The number of hydrogen-bond donors (Lipinski definition) is 0. The van der Waals surface area contributed by atoms with Crippen molar-refractivity contribution < 1.29 is 0 Å². The van der Waals surface area contributed by atoms with Crippen LogP contribution in [0.1, 0.15) is 37.2 Å². The van der Waals surface area contributed by atoms with Crippen molar-refractivity contribution in [2.75, 3.05) is 0 Å².